The molecule has 3 N–H and O–H groups in total. The van der Waals surface area contributed by atoms with Crippen LogP contribution in [0.1, 0.15) is 17.2 Å². The predicted molar refractivity (Wildman–Crippen MR) is 53.2 cm³/mol. The highest BCUT2D eigenvalue weighted by molar-refractivity contribution is 9.10. The Labute approximate surface area is 93.0 Å². The van der Waals surface area contributed by atoms with Gasteiger partial charge in [0.2, 0.25) is 0 Å². The molecule has 1 aromatic carbocycles. The van der Waals surface area contributed by atoms with Crippen LogP contribution in [-0.4, -0.2) is 11.7 Å². The van der Waals surface area contributed by atoms with Crippen molar-refractivity contribution in [3.8, 4) is 0 Å². The number of aliphatic hydroxyl groups excluding tert-OH is 1. The molecule has 0 spiro atoms. The van der Waals surface area contributed by atoms with Crippen molar-refractivity contribution in [3.63, 3.8) is 0 Å². The molecule has 0 amide bonds. The maximum atomic E-state index is 12.3. The minimum Gasteiger partial charge on any atom is -0.394 e. The number of hydrogen-bond donors (Lipinski definition) is 2. The molecule has 2 nitrogen and oxygen atoms in total. The van der Waals surface area contributed by atoms with Gasteiger partial charge in [-0.3, -0.25) is 0 Å². The van der Waals surface area contributed by atoms with Crippen molar-refractivity contribution < 1.29 is 18.3 Å². The summed E-state index contributed by atoms with van der Waals surface area (Å²) in [6.45, 7) is -0.316. The van der Waals surface area contributed by atoms with E-state index in [0.29, 0.717) is 5.56 Å². The first-order valence-corrected chi connectivity index (χ1v) is 4.88. The summed E-state index contributed by atoms with van der Waals surface area (Å²) >= 11 is 2.99. The molecule has 0 fully saturated rings. The molecule has 0 aliphatic carbocycles. The predicted octanol–water partition coefficient (Wildman–Crippen LogP) is 2.46. The normalized spacial score (nSPS) is 14.0. The first kappa shape index (κ1) is 12.5. The van der Waals surface area contributed by atoms with Crippen molar-refractivity contribution in [1.29, 1.82) is 0 Å². The molecule has 84 valence electrons. The Hall–Kier alpha value is -0.590. The van der Waals surface area contributed by atoms with Crippen LogP contribution < -0.4 is 5.73 Å². The molecule has 0 heterocycles. The molecule has 0 aliphatic heterocycles. The molecule has 0 saturated carbocycles. The van der Waals surface area contributed by atoms with Gasteiger partial charge in [-0.2, -0.15) is 13.2 Å². The van der Waals surface area contributed by atoms with Crippen LogP contribution in [-0.2, 0) is 6.18 Å². The number of benzene rings is 1. The smallest absolute Gasteiger partial charge is 0.394 e. The maximum Gasteiger partial charge on any atom is 0.416 e. The van der Waals surface area contributed by atoms with Crippen molar-refractivity contribution >= 4 is 15.9 Å². The minimum atomic E-state index is -4.37. The monoisotopic (exact) mass is 283 g/mol. The summed E-state index contributed by atoms with van der Waals surface area (Å²) < 4.78 is 37.1. The van der Waals surface area contributed by atoms with E-state index in [4.69, 9.17) is 10.8 Å². The lowest BCUT2D eigenvalue weighted by Crippen LogP contribution is -2.15. The van der Waals surface area contributed by atoms with Crippen molar-refractivity contribution in [2.75, 3.05) is 6.61 Å². The van der Waals surface area contributed by atoms with Crippen LogP contribution in [0.5, 0.6) is 0 Å². The van der Waals surface area contributed by atoms with Crippen LogP contribution in [0.2, 0.25) is 0 Å². The fraction of sp³-hybridized carbons (Fsp3) is 0.333. The van der Waals surface area contributed by atoms with Gasteiger partial charge in [0.05, 0.1) is 18.2 Å². The zero-order valence-corrected chi connectivity index (χ0v) is 9.14. The first-order chi connectivity index (χ1) is 6.86. The molecule has 1 aromatic rings. The van der Waals surface area contributed by atoms with Gasteiger partial charge >= 0.3 is 6.18 Å². The van der Waals surface area contributed by atoms with Crippen LogP contribution in [0, 0.1) is 0 Å². The highest BCUT2D eigenvalue weighted by Gasteiger charge is 2.31. The lowest BCUT2D eigenvalue weighted by atomic mass is 10.1. The number of rotatable bonds is 2. The van der Waals surface area contributed by atoms with Crippen LogP contribution in [0.25, 0.3) is 0 Å². The van der Waals surface area contributed by atoms with Gasteiger partial charge in [-0.15, -0.1) is 0 Å². The summed E-state index contributed by atoms with van der Waals surface area (Å²) in [5, 5.41) is 8.77. The van der Waals surface area contributed by atoms with E-state index in [1.165, 1.54) is 6.07 Å². The second-order valence-electron chi connectivity index (χ2n) is 3.02. The first-order valence-electron chi connectivity index (χ1n) is 4.09. The third kappa shape index (κ3) is 2.93. The lowest BCUT2D eigenvalue weighted by Gasteiger charge is -2.13. The van der Waals surface area contributed by atoms with E-state index in [-0.39, 0.29) is 11.1 Å². The molecule has 15 heavy (non-hydrogen) atoms. The summed E-state index contributed by atoms with van der Waals surface area (Å²) in [4.78, 5) is 0. The quantitative estimate of drug-likeness (QED) is 0.876. The van der Waals surface area contributed by atoms with E-state index >= 15 is 0 Å². The Morgan fingerprint density at radius 2 is 2.00 bits per heavy atom. The number of halogens is 4. The summed E-state index contributed by atoms with van der Waals surface area (Å²) in [5.74, 6) is 0. The molecule has 0 saturated heterocycles. The summed E-state index contributed by atoms with van der Waals surface area (Å²) in [7, 11) is 0. The molecule has 1 rings (SSSR count). The molecule has 0 aliphatic rings. The van der Waals surface area contributed by atoms with Gasteiger partial charge in [-0.25, -0.2) is 0 Å². The number of hydrogen-bond acceptors (Lipinski definition) is 2. The molecule has 6 heteroatoms. The van der Waals surface area contributed by atoms with Gasteiger partial charge in [-0.05, 0) is 17.7 Å². The molecule has 0 bridgehead atoms. The van der Waals surface area contributed by atoms with Crippen molar-refractivity contribution in [2.45, 2.75) is 12.2 Å². The molecule has 0 aromatic heterocycles. The van der Waals surface area contributed by atoms with E-state index < -0.39 is 17.8 Å². The second-order valence-corrected chi connectivity index (χ2v) is 3.88. The Morgan fingerprint density at radius 3 is 2.40 bits per heavy atom. The fourth-order valence-corrected chi connectivity index (χ4v) is 1.78. The SMILES string of the molecule is N[C@@H](CO)c1ccc(C(F)(F)F)cc1Br. The van der Waals surface area contributed by atoms with Gasteiger partial charge in [0.1, 0.15) is 0 Å². The van der Waals surface area contributed by atoms with Crippen LogP contribution >= 0.6 is 15.9 Å². The van der Waals surface area contributed by atoms with Crippen molar-refractivity contribution in [3.05, 3.63) is 33.8 Å². The van der Waals surface area contributed by atoms with Gasteiger partial charge < -0.3 is 10.8 Å². The molecule has 0 radical (unpaired) electrons. The van der Waals surface area contributed by atoms with Gasteiger partial charge in [0.15, 0.2) is 0 Å². The van der Waals surface area contributed by atoms with Gasteiger partial charge in [-0.1, -0.05) is 22.0 Å². The minimum absolute atomic E-state index is 0.249. The Morgan fingerprint density at radius 1 is 1.40 bits per heavy atom. The highest BCUT2D eigenvalue weighted by Crippen LogP contribution is 2.33. The lowest BCUT2D eigenvalue weighted by molar-refractivity contribution is -0.137. The molecular formula is C9H9BrF3NO. The highest BCUT2D eigenvalue weighted by atomic mass is 79.9. The van der Waals surface area contributed by atoms with E-state index in [1.54, 1.807) is 0 Å². The Bertz CT molecular complexity index is 354. The molecule has 1 atom stereocenters. The Kier molecular flexibility index (Phi) is 3.75. The number of nitrogens with two attached hydrogens (primary N) is 1. The largest absolute Gasteiger partial charge is 0.416 e. The van der Waals surface area contributed by atoms with Crippen molar-refractivity contribution in [2.24, 2.45) is 5.73 Å². The van der Waals surface area contributed by atoms with Gasteiger partial charge in [0.25, 0.3) is 0 Å². The van der Waals surface area contributed by atoms with Crippen molar-refractivity contribution in [1.82, 2.24) is 0 Å². The molecule has 0 unspecified atom stereocenters. The van der Waals surface area contributed by atoms with Crippen LogP contribution in [0.4, 0.5) is 13.2 Å². The van der Waals surface area contributed by atoms with E-state index in [0.717, 1.165) is 12.1 Å². The van der Waals surface area contributed by atoms with E-state index in [2.05, 4.69) is 15.9 Å². The zero-order valence-electron chi connectivity index (χ0n) is 7.55. The average Bonchev–Trinajstić information content (AvgIpc) is 2.15. The Balaban J connectivity index is 3.09. The third-order valence-corrected chi connectivity index (χ3v) is 2.61. The van der Waals surface area contributed by atoms with Crippen LogP contribution in [0.3, 0.4) is 0 Å². The topological polar surface area (TPSA) is 46.2 Å². The second kappa shape index (κ2) is 4.51. The van der Waals surface area contributed by atoms with E-state index in [1.807, 2.05) is 0 Å². The zero-order chi connectivity index (χ0) is 11.6. The summed E-state index contributed by atoms with van der Waals surface area (Å²) in [6, 6.07) is 2.47. The maximum absolute atomic E-state index is 12.3. The standard InChI is InChI=1S/C9H9BrF3NO/c10-7-3-5(9(11,12)13)1-2-6(7)8(14)4-15/h1-3,8,15H,4,14H2/t8-/m0/s1. The van der Waals surface area contributed by atoms with Crippen LogP contribution in [0.15, 0.2) is 22.7 Å². The van der Waals surface area contributed by atoms with E-state index in [9.17, 15) is 13.2 Å². The fourth-order valence-electron chi connectivity index (χ4n) is 1.10. The number of aliphatic hydroxyl groups is 1. The summed E-state index contributed by atoms with van der Waals surface area (Å²) in [6.07, 6.45) is -4.37. The van der Waals surface area contributed by atoms with Gasteiger partial charge in [0, 0.05) is 4.47 Å². The average molecular weight is 284 g/mol. The molecular weight excluding hydrogens is 275 g/mol. The summed E-state index contributed by atoms with van der Waals surface area (Å²) in [5.41, 5.74) is 5.20. The number of alkyl halides is 3. The third-order valence-electron chi connectivity index (χ3n) is 1.92.